The first-order valence-electron chi connectivity index (χ1n) is 7.53. The Kier molecular flexibility index (Phi) is 3.34. The number of aryl methyl sites for hydroxylation is 1. The molecule has 0 fully saturated rings. The molecule has 23 heavy (non-hydrogen) atoms. The van der Waals surface area contributed by atoms with Crippen molar-refractivity contribution in [2.45, 2.75) is 19.4 Å². The van der Waals surface area contributed by atoms with E-state index in [1.165, 1.54) is 5.56 Å². The summed E-state index contributed by atoms with van der Waals surface area (Å²) in [6, 6.07) is 15.7. The minimum Gasteiger partial charge on any atom is -0.271 e. The zero-order chi connectivity index (χ0) is 15.6. The Morgan fingerprint density at radius 3 is 2.91 bits per heavy atom. The van der Waals surface area contributed by atoms with Gasteiger partial charge < -0.3 is 0 Å². The van der Waals surface area contributed by atoms with Crippen molar-refractivity contribution in [2.75, 3.05) is 0 Å². The van der Waals surface area contributed by atoms with E-state index in [4.69, 9.17) is 0 Å². The van der Waals surface area contributed by atoms with Crippen LogP contribution in [0.1, 0.15) is 17.5 Å². The molecule has 0 spiro atoms. The Balaban J connectivity index is 1.48. The van der Waals surface area contributed by atoms with E-state index >= 15 is 0 Å². The van der Waals surface area contributed by atoms with E-state index in [0.717, 1.165) is 35.2 Å². The van der Waals surface area contributed by atoms with E-state index < -0.39 is 0 Å². The summed E-state index contributed by atoms with van der Waals surface area (Å²) in [5.74, 6) is -0.211. The average Bonchev–Trinajstić information content (AvgIpc) is 3.18. The molecule has 1 aliphatic rings. The first kappa shape index (κ1) is 13.6. The van der Waals surface area contributed by atoms with Gasteiger partial charge in [-0.15, -0.1) is 5.10 Å². The van der Waals surface area contributed by atoms with Crippen LogP contribution in [0.25, 0.3) is 11.0 Å². The maximum atomic E-state index is 12.1. The van der Waals surface area contributed by atoms with Crippen molar-refractivity contribution in [3.8, 4) is 0 Å². The number of carbonyl (C=O) groups is 1. The molecule has 0 unspecified atom stereocenters. The molecular formula is C17H15N5O. The summed E-state index contributed by atoms with van der Waals surface area (Å²) in [6.45, 7) is 0.0962. The number of para-hydroxylation sites is 1. The molecule has 6 heteroatoms. The van der Waals surface area contributed by atoms with Crippen LogP contribution in [0, 0.1) is 0 Å². The number of fused-ring (bicyclic) bond motifs is 2. The molecule has 0 radical (unpaired) electrons. The molecule has 1 aliphatic carbocycles. The van der Waals surface area contributed by atoms with E-state index in [9.17, 15) is 4.79 Å². The van der Waals surface area contributed by atoms with Gasteiger partial charge in [-0.3, -0.25) is 4.79 Å². The van der Waals surface area contributed by atoms with Crippen LogP contribution in [-0.2, 0) is 17.8 Å². The fourth-order valence-electron chi connectivity index (χ4n) is 2.86. The van der Waals surface area contributed by atoms with Crippen LogP contribution < -0.4 is 5.43 Å². The highest BCUT2D eigenvalue weighted by Crippen LogP contribution is 2.21. The van der Waals surface area contributed by atoms with Crippen molar-refractivity contribution in [1.82, 2.24) is 20.4 Å². The summed E-state index contributed by atoms with van der Waals surface area (Å²) >= 11 is 0. The van der Waals surface area contributed by atoms with Gasteiger partial charge in [0.15, 0.2) is 0 Å². The molecule has 0 bridgehead atoms. The minimum atomic E-state index is -0.211. The number of hydrogen-bond acceptors (Lipinski definition) is 4. The Bertz CT molecular complexity index is 912. The van der Waals surface area contributed by atoms with Crippen molar-refractivity contribution in [3.63, 3.8) is 0 Å². The van der Waals surface area contributed by atoms with Crippen LogP contribution in [0.2, 0.25) is 0 Å². The lowest BCUT2D eigenvalue weighted by molar-refractivity contribution is -0.121. The molecule has 1 aromatic heterocycles. The van der Waals surface area contributed by atoms with Gasteiger partial charge in [0.25, 0.3) is 5.91 Å². The second-order valence-electron chi connectivity index (χ2n) is 5.49. The number of hydrazone groups is 1. The Morgan fingerprint density at radius 1 is 1.13 bits per heavy atom. The molecule has 0 saturated heterocycles. The number of amides is 1. The molecular weight excluding hydrogens is 290 g/mol. The van der Waals surface area contributed by atoms with E-state index in [2.05, 4.69) is 26.9 Å². The number of nitrogens with zero attached hydrogens (tertiary/aromatic N) is 4. The second kappa shape index (κ2) is 5.64. The number of carbonyl (C=O) groups excluding carboxylic acids is 1. The molecule has 1 N–H and O–H groups in total. The minimum absolute atomic E-state index is 0.0962. The van der Waals surface area contributed by atoms with E-state index in [1.54, 1.807) is 4.68 Å². The first-order valence-corrected chi connectivity index (χ1v) is 7.53. The van der Waals surface area contributed by atoms with Crippen LogP contribution in [0.15, 0.2) is 53.6 Å². The molecule has 0 saturated carbocycles. The Morgan fingerprint density at radius 2 is 1.96 bits per heavy atom. The van der Waals surface area contributed by atoms with Crippen LogP contribution >= 0.6 is 0 Å². The van der Waals surface area contributed by atoms with E-state index in [-0.39, 0.29) is 12.5 Å². The normalized spacial score (nSPS) is 15.0. The fourth-order valence-corrected chi connectivity index (χ4v) is 2.86. The van der Waals surface area contributed by atoms with Crippen LogP contribution in [0.3, 0.4) is 0 Å². The van der Waals surface area contributed by atoms with Gasteiger partial charge in [0.2, 0.25) is 0 Å². The van der Waals surface area contributed by atoms with Gasteiger partial charge in [-0.25, -0.2) is 10.1 Å². The van der Waals surface area contributed by atoms with E-state index in [0.29, 0.717) is 0 Å². The number of rotatable bonds is 3. The molecule has 4 rings (SSSR count). The third-order valence-corrected chi connectivity index (χ3v) is 3.99. The highest BCUT2D eigenvalue weighted by molar-refractivity contribution is 6.04. The molecule has 0 atom stereocenters. The highest BCUT2D eigenvalue weighted by Gasteiger charge is 2.17. The van der Waals surface area contributed by atoms with Crippen molar-refractivity contribution in [1.29, 1.82) is 0 Å². The second-order valence-corrected chi connectivity index (χ2v) is 5.49. The SMILES string of the molecule is O=C(Cn1nnc2ccccc21)N/N=C1/CCc2ccccc21. The number of hydrogen-bond donors (Lipinski definition) is 1. The Hall–Kier alpha value is -3.02. The molecule has 2 aromatic carbocycles. The maximum Gasteiger partial charge on any atom is 0.261 e. The van der Waals surface area contributed by atoms with Crippen LogP contribution in [0.5, 0.6) is 0 Å². The van der Waals surface area contributed by atoms with Crippen molar-refractivity contribution < 1.29 is 4.79 Å². The van der Waals surface area contributed by atoms with Gasteiger partial charge >= 0.3 is 0 Å². The third-order valence-electron chi connectivity index (χ3n) is 3.99. The number of nitrogens with one attached hydrogen (secondary N) is 1. The largest absolute Gasteiger partial charge is 0.271 e. The molecule has 0 aliphatic heterocycles. The van der Waals surface area contributed by atoms with Gasteiger partial charge in [0.05, 0.1) is 11.2 Å². The lowest BCUT2D eigenvalue weighted by Gasteiger charge is -2.03. The summed E-state index contributed by atoms with van der Waals surface area (Å²) in [7, 11) is 0. The van der Waals surface area contributed by atoms with Gasteiger partial charge in [0, 0.05) is 5.56 Å². The molecule has 1 heterocycles. The van der Waals surface area contributed by atoms with Crippen LogP contribution in [0.4, 0.5) is 0 Å². The highest BCUT2D eigenvalue weighted by atomic mass is 16.2. The lowest BCUT2D eigenvalue weighted by Crippen LogP contribution is -2.25. The van der Waals surface area contributed by atoms with Gasteiger partial charge in [-0.05, 0) is 30.5 Å². The smallest absolute Gasteiger partial charge is 0.261 e. The summed E-state index contributed by atoms with van der Waals surface area (Å²) in [5.41, 5.74) is 7.57. The zero-order valence-corrected chi connectivity index (χ0v) is 12.4. The van der Waals surface area contributed by atoms with Crippen molar-refractivity contribution in [3.05, 3.63) is 59.7 Å². The number of benzene rings is 2. The summed E-state index contributed by atoms with van der Waals surface area (Å²) < 4.78 is 1.58. The molecule has 3 aromatic rings. The maximum absolute atomic E-state index is 12.1. The quantitative estimate of drug-likeness (QED) is 0.751. The molecule has 114 valence electrons. The predicted octanol–water partition coefficient (Wildman–Crippen LogP) is 1.90. The van der Waals surface area contributed by atoms with Gasteiger partial charge in [-0.2, -0.15) is 5.10 Å². The number of aromatic nitrogens is 3. The zero-order valence-electron chi connectivity index (χ0n) is 12.4. The van der Waals surface area contributed by atoms with Crippen LogP contribution in [-0.4, -0.2) is 26.6 Å². The van der Waals surface area contributed by atoms with Gasteiger partial charge in [0.1, 0.15) is 12.1 Å². The molecule has 6 nitrogen and oxygen atoms in total. The summed E-state index contributed by atoms with van der Waals surface area (Å²) in [4.78, 5) is 12.1. The Labute approximate surface area is 132 Å². The summed E-state index contributed by atoms with van der Waals surface area (Å²) in [5, 5.41) is 12.3. The van der Waals surface area contributed by atoms with Crippen molar-refractivity contribution >= 4 is 22.7 Å². The standard InChI is InChI=1S/C17H15N5O/c23-17(11-22-16-8-4-3-7-15(16)19-21-22)20-18-14-10-9-12-5-1-2-6-13(12)14/h1-8H,9-11H2,(H,20,23)/b18-14-. The third kappa shape index (κ3) is 2.59. The molecule has 1 amide bonds. The first-order chi connectivity index (χ1) is 11.3. The van der Waals surface area contributed by atoms with Crippen molar-refractivity contribution in [2.24, 2.45) is 5.10 Å². The predicted molar refractivity (Wildman–Crippen MR) is 87.0 cm³/mol. The van der Waals surface area contributed by atoms with Gasteiger partial charge in [-0.1, -0.05) is 41.6 Å². The topological polar surface area (TPSA) is 72.2 Å². The average molecular weight is 305 g/mol. The fraction of sp³-hybridized carbons (Fsp3) is 0.176. The summed E-state index contributed by atoms with van der Waals surface area (Å²) in [6.07, 6.45) is 1.82. The van der Waals surface area contributed by atoms with E-state index in [1.807, 2.05) is 42.5 Å². The monoisotopic (exact) mass is 305 g/mol. The lowest BCUT2D eigenvalue weighted by atomic mass is 10.1.